The fourth-order valence-electron chi connectivity index (χ4n) is 2.29. The smallest absolute Gasteiger partial charge is 0.203 e. The van der Waals surface area contributed by atoms with E-state index in [1.165, 1.54) is 11.5 Å². The number of hydrogen-bond acceptors (Lipinski definition) is 5. The zero-order chi connectivity index (χ0) is 14.8. The fraction of sp³-hybridized carbons (Fsp3) is 0.0588. The van der Waals surface area contributed by atoms with E-state index < -0.39 is 0 Å². The summed E-state index contributed by atoms with van der Waals surface area (Å²) in [5.41, 5.74) is 1.93. The lowest BCUT2D eigenvalue weighted by Crippen LogP contribution is -1.97. The zero-order valence-electron chi connectivity index (χ0n) is 11.7. The first-order chi connectivity index (χ1) is 10.9. The van der Waals surface area contributed by atoms with Crippen LogP contribution in [-0.2, 0) is 6.54 Å². The van der Waals surface area contributed by atoms with E-state index in [2.05, 4.69) is 14.7 Å². The van der Waals surface area contributed by atoms with Gasteiger partial charge in [0, 0.05) is 22.5 Å². The Morgan fingerprint density at radius 1 is 1.00 bits per heavy atom. The van der Waals surface area contributed by atoms with Crippen LogP contribution in [-0.4, -0.2) is 9.36 Å². The quantitative estimate of drug-likeness (QED) is 0.600. The van der Waals surface area contributed by atoms with Crippen LogP contribution < -0.4 is 5.32 Å². The van der Waals surface area contributed by atoms with Gasteiger partial charge in [0.15, 0.2) is 5.82 Å². The molecule has 0 fully saturated rings. The van der Waals surface area contributed by atoms with Crippen LogP contribution in [0.5, 0.6) is 0 Å². The van der Waals surface area contributed by atoms with E-state index in [0.29, 0.717) is 6.54 Å². The van der Waals surface area contributed by atoms with E-state index in [1.807, 2.05) is 60.7 Å². The van der Waals surface area contributed by atoms with E-state index in [9.17, 15) is 0 Å². The number of nitrogens with one attached hydrogen (secondary N) is 1. The Morgan fingerprint density at radius 2 is 1.82 bits per heavy atom. The number of anilines is 1. The molecule has 0 spiro atoms. The molecule has 0 saturated carbocycles. The molecule has 0 aliphatic rings. The van der Waals surface area contributed by atoms with Gasteiger partial charge in [-0.2, -0.15) is 9.36 Å². The number of fused-ring (bicyclic) bond motifs is 1. The average Bonchev–Trinajstić information content (AvgIpc) is 3.20. The largest absolute Gasteiger partial charge is 0.459 e. The third-order valence-electron chi connectivity index (χ3n) is 3.35. The summed E-state index contributed by atoms with van der Waals surface area (Å²) in [6, 6.07) is 20.0. The van der Waals surface area contributed by atoms with E-state index in [1.54, 1.807) is 0 Å². The first-order valence-electron chi connectivity index (χ1n) is 6.99. The maximum atomic E-state index is 5.78. The van der Waals surface area contributed by atoms with Gasteiger partial charge >= 0.3 is 0 Å². The minimum Gasteiger partial charge on any atom is -0.459 e. The predicted octanol–water partition coefficient (Wildman–Crippen LogP) is 4.56. The van der Waals surface area contributed by atoms with E-state index >= 15 is 0 Å². The Hall–Kier alpha value is -2.66. The van der Waals surface area contributed by atoms with Crippen LogP contribution in [0.2, 0.25) is 0 Å². The van der Waals surface area contributed by atoms with Gasteiger partial charge in [0.2, 0.25) is 5.13 Å². The summed E-state index contributed by atoms with van der Waals surface area (Å²) in [6.07, 6.45) is 0. The van der Waals surface area contributed by atoms with Gasteiger partial charge in [0.05, 0.1) is 6.54 Å². The van der Waals surface area contributed by atoms with E-state index in [0.717, 1.165) is 33.2 Å². The van der Waals surface area contributed by atoms with Gasteiger partial charge < -0.3 is 9.73 Å². The number of para-hydroxylation sites is 1. The normalized spacial score (nSPS) is 10.9. The van der Waals surface area contributed by atoms with Gasteiger partial charge in [-0.05, 0) is 12.1 Å². The molecule has 0 aliphatic heterocycles. The van der Waals surface area contributed by atoms with Crippen LogP contribution in [0.4, 0.5) is 5.13 Å². The maximum Gasteiger partial charge on any atom is 0.203 e. The summed E-state index contributed by atoms with van der Waals surface area (Å²) in [5, 5.41) is 5.17. The molecule has 2 aromatic carbocycles. The summed E-state index contributed by atoms with van der Waals surface area (Å²) < 4.78 is 10.2. The Bertz CT molecular complexity index is 865. The molecular formula is C17H13N3OS. The van der Waals surface area contributed by atoms with E-state index in [4.69, 9.17) is 4.42 Å². The van der Waals surface area contributed by atoms with Crippen LogP contribution in [0.3, 0.4) is 0 Å². The van der Waals surface area contributed by atoms with Crippen molar-refractivity contribution in [1.82, 2.24) is 9.36 Å². The van der Waals surface area contributed by atoms with E-state index in [-0.39, 0.29) is 0 Å². The minimum absolute atomic E-state index is 0.595. The fourth-order valence-corrected chi connectivity index (χ4v) is 2.87. The van der Waals surface area contributed by atoms with Crippen LogP contribution in [0.1, 0.15) is 5.76 Å². The molecule has 0 bridgehead atoms. The van der Waals surface area contributed by atoms with Gasteiger partial charge in [-0.25, -0.2) is 0 Å². The minimum atomic E-state index is 0.595. The molecule has 2 aromatic heterocycles. The van der Waals surface area contributed by atoms with Crippen molar-refractivity contribution in [3.05, 3.63) is 66.4 Å². The van der Waals surface area contributed by atoms with Crippen molar-refractivity contribution in [3.8, 4) is 11.4 Å². The van der Waals surface area contributed by atoms with Crippen molar-refractivity contribution in [2.45, 2.75) is 6.54 Å². The van der Waals surface area contributed by atoms with Gasteiger partial charge in [0.1, 0.15) is 11.3 Å². The number of rotatable bonds is 4. The van der Waals surface area contributed by atoms with Gasteiger partial charge in [-0.1, -0.05) is 48.5 Å². The van der Waals surface area contributed by atoms with Crippen molar-refractivity contribution in [3.63, 3.8) is 0 Å². The highest BCUT2D eigenvalue weighted by Crippen LogP contribution is 2.23. The van der Waals surface area contributed by atoms with Crippen molar-refractivity contribution in [2.24, 2.45) is 0 Å². The second-order valence-corrected chi connectivity index (χ2v) is 5.65. The summed E-state index contributed by atoms with van der Waals surface area (Å²) in [6.45, 7) is 0.595. The van der Waals surface area contributed by atoms with Crippen molar-refractivity contribution in [1.29, 1.82) is 0 Å². The molecule has 0 saturated heterocycles. The molecule has 0 unspecified atom stereocenters. The number of hydrogen-bond donors (Lipinski definition) is 1. The summed E-state index contributed by atoms with van der Waals surface area (Å²) >= 11 is 1.36. The predicted molar refractivity (Wildman–Crippen MR) is 88.9 cm³/mol. The second-order valence-electron chi connectivity index (χ2n) is 4.89. The molecule has 2 heterocycles. The highest BCUT2D eigenvalue weighted by molar-refractivity contribution is 7.09. The molecular weight excluding hydrogens is 294 g/mol. The van der Waals surface area contributed by atoms with Crippen molar-refractivity contribution >= 4 is 27.6 Å². The molecule has 108 valence electrons. The van der Waals surface area contributed by atoms with Crippen LogP contribution in [0.15, 0.2) is 65.1 Å². The van der Waals surface area contributed by atoms with Gasteiger partial charge in [-0.3, -0.25) is 0 Å². The maximum absolute atomic E-state index is 5.78. The number of nitrogens with zero attached hydrogens (tertiary/aromatic N) is 2. The van der Waals surface area contributed by atoms with Crippen LogP contribution in [0.25, 0.3) is 22.4 Å². The Kier molecular flexibility index (Phi) is 3.33. The number of benzene rings is 2. The number of aromatic nitrogens is 2. The molecule has 0 aliphatic carbocycles. The molecule has 4 aromatic rings. The molecule has 4 rings (SSSR count). The van der Waals surface area contributed by atoms with Crippen LogP contribution >= 0.6 is 11.5 Å². The molecule has 22 heavy (non-hydrogen) atoms. The Morgan fingerprint density at radius 3 is 2.68 bits per heavy atom. The summed E-state index contributed by atoms with van der Waals surface area (Å²) in [5.74, 6) is 1.63. The van der Waals surface area contributed by atoms with Gasteiger partial charge in [0.25, 0.3) is 0 Å². The Labute approximate surface area is 131 Å². The molecule has 4 nitrogen and oxygen atoms in total. The molecule has 5 heteroatoms. The summed E-state index contributed by atoms with van der Waals surface area (Å²) in [7, 11) is 0. The zero-order valence-corrected chi connectivity index (χ0v) is 12.5. The van der Waals surface area contributed by atoms with Gasteiger partial charge in [-0.15, -0.1) is 0 Å². The Balaban J connectivity index is 1.49. The topological polar surface area (TPSA) is 51.0 Å². The average molecular weight is 307 g/mol. The lowest BCUT2D eigenvalue weighted by Gasteiger charge is -1.97. The highest BCUT2D eigenvalue weighted by atomic mass is 32.1. The highest BCUT2D eigenvalue weighted by Gasteiger charge is 2.07. The third-order valence-corrected chi connectivity index (χ3v) is 4.02. The molecule has 0 atom stereocenters. The SMILES string of the molecule is c1ccc(-c2nsc(NCc3cc4ccccc4o3)n2)cc1. The molecule has 1 N–H and O–H groups in total. The lowest BCUT2D eigenvalue weighted by molar-refractivity contribution is 0.559. The number of furan rings is 1. The molecule has 0 radical (unpaired) electrons. The lowest BCUT2D eigenvalue weighted by atomic mass is 10.2. The monoisotopic (exact) mass is 307 g/mol. The molecule has 0 amide bonds. The standard InChI is InChI=1S/C17H13N3OS/c1-2-6-12(7-3-1)16-19-17(22-20-16)18-11-14-10-13-8-4-5-9-15(13)21-14/h1-10H,11H2,(H,18,19,20). The van der Waals surface area contributed by atoms with Crippen molar-refractivity contribution < 1.29 is 4.42 Å². The first-order valence-corrected chi connectivity index (χ1v) is 7.76. The van der Waals surface area contributed by atoms with Crippen molar-refractivity contribution in [2.75, 3.05) is 5.32 Å². The first kappa shape index (κ1) is 13.0. The second kappa shape index (κ2) is 5.61. The third kappa shape index (κ3) is 2.58. The van der Waals surface area contributed by atoms with Crippen LogP contribution in [0, 0.1) is 0 Å². The summed E-state index contributed by atoms with van der Waals surface area (Å²) in [4.78, 5) is 4.50.